The smallest absolute Gasteiger partial charge is 0.260 e. The summed E-state index contributed by atoms with van der Waals surface area (Å²) in [4.78, 5) is 4.05. The minimum atomic E-state index is -3.79. The van der Waals surface area contributed by atoms with Gasteiger partial charge in [0.1, 0.15) is 11.7 Å². The van der Waals surface area contributed by atoms with Crippen molar-refractivity contribution in [3.63, 3.8) is 0 Å². The van der Waals surface area contributed by atoms with E-state index >= 15 is 0 Å². The molecule has 21 heavy (non-hydrogen) atoms. The van der Waals surface area contributed by atoms with Gasteiger partial charge in [-0.3, -0.25) is 5.41 Å². The van der Waals surface area contributed by atoms with Gasteiger partial charge < -0.3 is 10.3 Å². The topological polar surface area (TPSA) is 114 Å². The van der Waals surface area contributed by atoms with Crippen molar-refractivity contribution in [1.82, 2.24) is 14.3 Å². The number of nitrogens with one attached hydrogen (secondary N) is 2. The summed E-state index contributed by atoms with van der Waals surface area (Å²) in [5, 5.41) is 7.79. The van der Waals surface area contributed by atoms with E-state index < -0.39 is 15.6 Å². The third-order valence-electron chi connectivity index (χ3n) is 4.33. The van der Waals surface area contributed by atoms with Crippen LogP contribution < -0.4 is 10.5 Å². The average molecular weight is 313 g/mol. The van der Waals surface area contributed by atoms with Crippen LogP contribution in [0.1, 0.15) is 38.4 Å². The molecule has 8 heteroatoms. The molecule has 1 heterocycles. The number of hydrogen-bond donors (Lipinski definition) is 3. The van der Waals surface area contributed by atoms with Gasteiger partial charge in [0.2, 0.25) is 0 Å². The summed E-state index contributed by atoms with van der Waals surface area (Å²) in [7, 11) is -2.04. The van der Waals surface area contributed by atoms with E-state index in [4.69, 9.17) is 11.1 Å². The van der Waals surface area contributed by atoms with Crippen molar-refractivity contribution in [2.45, 2.75) is 50.1 Å². The van der Waals surface area contributed by atoms with Crippen LogP contribution in [0.15, 0.2) is 11.2 Å². The van der Waals surface area contributed by atoms with Crippen molar-refractivity contribution < 1.29 is 8.42 Å². The van der Waals surface area contributed by atoms with Gasteiger partial charge in [-0.05, 0) is 38.5 Å². The second-order valence-corrected chi connectivity index (χ2v) is 7.65. The van der Waals surface area contributed by atoms with Gasteiger partial charge in [-0.15, -0.1) is 0 Å². The first-order chi connectivity index (χ1) is 9.66. The monoisotopic (exact) mass is 313 g/mol. The van der Waals surface area contributed by atoms with Crippen LogP contribution in [0.25, 0.3) is 0 Å². The van der Waals surface area contributed by atoms with Gasteiger partial charge in [0, 0.05) is 13.2 Å². The number of rotatable bonds is 4. The summed E-state index contributed by atoms with van der Waals surface area (Å²) in [6, 6.07) is 0. The maximum absolute atomic E-state index is 12.5. The van der Waals surface area contributed by atoms with Gasteiger partial charge in [0.05, 0.1) is 5.54 Å². The number of amidine groups is 1. The summed E-state index contributed by atoms with van der Waals surface area (Å²) >= 11 is 0. The van der Waals surface area contributed by atoms with E-state index in [1.54, 1.807) is 18.5 Å². The summed E-state index contributed by atoms with van der Waals surface area (Å²) in [5.41, 5.74) is 4.72. The van der Waals surface area contributed by atoms with Crippen LogP contribution in [-0.2, 0) is 17.1 Å². The molecule has 118 valence electrons. The van der Waals surface area contributed by atoms with Crippen LogP contribution in [0.4, 0.5) is 0 Å². The van der Waals surface area contributed by atoms with Gasteiger partial charge in [0.25, 0.3) is 10.0 Å². The van der Waals surface area contributed by atoms with Crippen molar-refractivity contribution in [2.24, 2.45) is 18.7 Å². The highest BCUT2D eigenvalue weighted by Crippen LogP contribution is 2.33. The summed E-state index contributed by atoms with van der Waals surface area (Å²) < 4.78 is 29.3. The minimum Gasteiger partial charge on any atom is -0.386 e. The Morgan fingerprint density at radius 3 is 2.52 bits per heavy atom. The van der Waals surface area contributed by atoms with E-state index in [-0.39, 0.29) is 10.9 Å². The second kappa shape index (κ2) is 5.42. The van der Waals surface area contributed by atoms with Crippen LogP contribution in [0.5, 0.6) is 0 Å². The van der Waals surface area contributed by atoms with E-state index in [1.165, 1.54) is 6.20 Å². The highest BCUT2D eigenvalue weighted by atomic mass is 32.2. The largest absolute Gasteiger partial charge is 0.386 e. The van der Waals surface area contributed by atoms with Crippen LogP contribution in [0.3, 0.4) is 0 Å². The SMILES string of the molecule is Cc1nc(S(=O)(=O)NC2(C(=N)N)CCC(C)CC2)cn1C. The molecule has 0 amide bonds. The lowest BCUT2D eigenvalue weighted by Gasteiger charge is -2.38. The third-order valence-corrected chi connectivity index (χ3v) is 5.74. The van der Waals surface area contributed by atoms with Crippen molar-refractivity contribution in [2.75, 3.05) is 0 Å². The molecule has 1 aromatic heterocycles. The molecule has 4 N–H and O–H groups in total. The predicted octanol–water partition coefficient (Wildman–Crippen LogP) is 0.892. The van der Waals surface area contributed by atoms with Crippen molar-refractivity contribution in [3.05, 3.63) is 12.0 Å². The van der Waals surface area contributed by atoms with E-state index in [0.717, 1.165) is 12.8 Å². The summed E-state index contributed by atoms with van der Waals surface area (Å²) in [5.74, 6) is 1.02. The molecule has 0 aliphatic heterocycles. The van der Waals surface area contributed by atoms with E-state index in [1.807, 2.05) is 0 Å². The Labute approximate surface area is 125 Å². The average Bonchev–Trinajstić information content (AvgIpc) is 2.73. The molecule has 2 rings (SSSR count). The molecular weight excluding hydrogens is 290 g/mol. The first kappa shape index (κ1) is 16.0. The van der Waals surface area contributed by atoms with Gasteiger partial charge in [-0.25, -0.2) is 13.4 Å². The zero-order chi connectivity index (χ0) is 15.8. The van der Waals surface area contributed by atoms with E-state index in [0.29, 0.717) is 24.6 Å². The lowest BCUT2D eigenvalue weighted by atomic mass is 9.77. The number of aryl methyl sites for hydroxylation is 2. The normalized spacial score (nSPS) is 26.7. The molecule has 0 radical (unpaired) electrons. The zero-order valence-corrected chi connectivity index (χ0v) is 13.5. The van der Waals surface area contributed by atoms with Gasteiger partial charge in [-0.1, -0.05) is 6.92 Å². The predicted molar refractivity (Wildman–Crippen MR) is 80.5 cm³/mol. The first-order valence-corrected chi connectivity index (χ1v) is 8.53. The maximum atomic E-state index is 12.5. The quantitative estimate of drug-likeness (QED) is 0.566. The van der Waals surface area contributed by atoms with Crippen LogP contribution in [-0.4, -0.2) is 29.3 Å². The molecular formula is C13H23N5O2S. The van der Waals surface area contributed by atoms with Crippen LogP contribution in [0.2, 0.25) is 0 Å². The van der Waals surface area contributed by atoms with Crippen LogP contribution in [0, 0.1) is 18.3 Å². The van der Waals surface area contributed by atoms with Crippen LogP contribution >= 0.6 is 0 Å². The Morgan fingerprint density at radius 2 is 2.10 bits per heavy atom. The van der Waals surface area contributed by atoms with Crippen molar-refractivity contribution in [1.29, 1.82) is 5.41 Å². The van der Waals surface area contributed by atoms with E-state index in [2.05, 4.69) is 16.6 Å². The molecule has 1 aliphatic carbocycles. The van der Waals surface area contributed by atoms with Gasteiger partial charge in [0.15, 0.2) is 5.03 Å². The highest BCUT2D eigenvalue weighted by molar-refractivity contribution is 7.89. The molecule has 1 aliphatic rings. The highest BCUT2D eigenvalue weighted by Gasteiger charge is 2.41. The van der Waals surface area contributed by atoms with Gasteiger partial charge >= 0.3 is 0 Å². The standard InChI is InChI=1S/C13H23N5O2S/c1-9-4-6-13(7-5-9,12(14)15)17-21(19,20)11-8-18(3)10(2)16-11/h8-9,17H,4-7H2,1-3H3,(H3,14,15). The van der Waals surface area contributed by atoms with Gasteiger partial charge in [-0.2, -0.15) is 4.72 Å². The Bertz CT molecular complexity index is 622. The fraction of sp³-hybridized carbons (Fsp3) is 0.692. The number of sulfonamides is 1. The minimum absolute atomic E-state index is 0.0262. The maximum Gasteiger partial charge on any atom is 0.260 e. The number of nitrogens with zero attached hydrogens (tertiary/aromatic N) is 2. The molecule has 7 nitrogen and oxygen atoms in total. The number of nitrogens with two attached hydrogens (primary N) is 1. The summed E-state index contributed by atoms with van der Waals surface area (Å²) in [6.45, 7) is 3.86. The lowest BCUT2D eigenvalue weighted by molar-refractivity contribution is 0.285. The third kappa shape index (κ3) is 3.11. The van der Waals surface area contributed by atoms with Crippen molar-refractivity contribution >= 4 is 15.9 Å². The Balaban J connectivity index is 2.30. The zero-order valence-electron chi connectivity index (χ0n) is 12.7. The molecule has 0 unspecified atom stereocenters. The molecule has 1 aromatic rings. The fourth-order valence-electron chi connectivity index (χ4n) is 2.65. The van der Waals surface area contributed by atoms with E-state index in [9.17, 15) is 8.42 Å². The molecule has 1 fully saturated rings. The Hall–Kier alpha value is -1.41. The first-order valence-electron chi connectivity index (χ1n) is 7.05. The Morgan fingerprint density at radius 1 is 1.52 bits per heavy atom. The molecule has 0 aromatic carbocycles. The number of aromatic nitrogens is 2. The molecule has 1 saturated carbocycles. The molecule has 0 saturated heterocycles. The van der Waals surface area contributed by atoms with Crippen molar-refractivity contribution in [3.8, 4) is 0 Å². The number of imidazole rings is 1. The lowest BCUT2D eigenvalue weighted by Crippen LogP contribution is -2.58. The second-order valence-electron chi connectivity index (χ2n) is 6.02. The molecule has 0 bridgehead atoms. The fourth-order valence-corrected chi connectivity index (χ4v) is 4.13. The molecule has 0 atom stereocenters. The summed E-state index contributed by atoms with van der Waals surface area (Å²) in [6.07, 6.45) is 4.27. The molecule has 0 spiro atoms. The Kier molecular flexibility index (Phi) is 4.12. The number of hydrogen-bond acceptors (Lipinski definition) is 4.